The van der Waals surface area contributed by atoms with Crippen molar-refractivity contribution in [3.63, 3.8) is 0 Å². The predicted molar refractivity (Wildman–Crippen MR) is 169 cm³/mol. The number of unbranched alkanes of at least 4 members (excludes halogenated alkanes) is 1. The van der Waals surface area contributed by atoms with E-state index in [9.17, 15) is 63.6 Å². The third-order valence-corrected chi connectivity index (χ3v) is 12.7. The zero-order valence-corrected chi connectivity index (χ0v) is 29.0. The van der Waals surface area contributed by atoms with Gasteiger partial charge in [-0.05, 0) is 12.8 Å². The summed E-state index contributed by atoms with van der Waals surface area (Å²) in [7, 11) is -11.3. The Morgan fingerprint density at radius 1 is 1.00 bits per heavy atom. The highest BCUT2D eigenvalue weighted by molar-refractivity contribution is 8.00. The lowest BCUT2D eigenvalue weighted by Crippen LogP contribution is -2.64. The molecule has 11 N–H and O–H groups in total. The molecule has 3 amide bonds. The summed E-state index contributed by atoms with van der Waals surface area (Å²) in [6.45, 7) is -1.97. The van der Waals surface area contributed by atoms with Crippen LogP contribution in [0, 0.1) is 0 Å². The summed E-state index contributed by atoms with van der Waals surface area (Å²) in [5, 5.41) is 59.4. The Labute approximate surface area is 291 Å². The molecule has 51 heavy (non-hydrogen) atoms. The van der Waals surface area contributed by atoms with E-state index in [4.69, 9.17) is 14.0 Å². The first-order chi connectivity index (χ1) is 24.0. The van der Waals surface area contributed by atoms with Gasteiger partial charge in [0.25, 0.3) is 5.56 Å². The second-order valence-electron chi connectivity index (χ2n) is 12.2. The van der Waals surface area contributed by atoms with E-state index >= 15 is 0 Å². The van der Waals surface area contributed by atoms with E-state index in [1.54, 1.807) is 11.8 Å². The minimum absolute atomic E-state index is 0.0236. The van der Waals surface area contributed by atoms with E-state index in [0.717, 1.165) is 22.6 Å². The average Bonchev–Trinajstić information content (AvgIpc) is 3.69. The smallest absolute Gasteiger partial charge is 0.394 e. The fourth-order valence-corrected chi connectivity index (χ4v) is 9.76. The summed E-state index contributed by atoms with van der Waals surface area (Å²) in [5.74, 6) is 0.0671. The highest BCUT2D eigenvalue weighted by Gasteiger charge is 2.50. The monoisotopic (exact) mass is 791 g/mol. The topological polar surface area (TPSA) is 347 Å². The highest BCUT2D eigenvalue weighted by Crippen LogP contribution is 2.61. The summed E-state index contributed by atoms with van der Waals surface area (Å²) >= 11 is 1.70. The van der Waals surface area contributed by atoms with Crippen LogP contribution in [-0.4, -0.2) is 142 Å². The molecule has 1 aromatic rings. The van der Waals surface area contributed by atoms with Crippen molar-refractivity contribution in [3.8, 4) is 0 Å². The molecule has 0 saturated carbocycles. The van der Waals surface area contributed by atoms with Crippen LogP contribution in [-0.2, 0) is 36.8 Å². The summed E-state index contributed by atoms with van der Waals surface area (Å²) in [5.41, 5.74) is -1.77. The first-order valence-electron chi connectivity index (χ1n) is 15.6. The number of nitrogens with one attached hydrogen (secondary N) is 4. The Balaban J connectivity index is 1.14. The number of rotatable bonds is 15. The standard InChI is InChI=1S/C25H39N5O18P2S/c31-7-11-18(34)20(36)17(27-14(32)4-2-1-3-13-16-10(9-51-13)26-24(38)29-16)23(46-11)47-50(42,43)48-49(40,41)44-8-12-19(35)21(37)22(45-12)30-6-5-15(33)28-25(30)39/h5-6,10-13,16-23,31,34-37H,1-4,7-9H2,(H,27,32)(H,40,41)(H,42,43)(H2,26,29,38)(H,28,33,39)/t10-,11+,12+,13-,16-,17+,18+,19+,20+,21+,22+,23+/m0/s1. The van der Waals surface area contributed by atoms with E-state index in [-0.39, 0.29) is 29.8 Å². The van der Waals surface area contributed by atoms with Crippen LogP contribution in [0.2, 0.25) is 0 Å². The van der Waals surface area contributed by atoms with Crippen molar-refractivity contribution in [1.82, 2.24) is 25.5 Å². The number of H-pyrrole nitrogens is 1. The first kappa shape index (κ1) is 39.9. The largest absolute Gasteiger partial charge is 0.483 e. The van der Waals surface area contributed by atoms with E-state index in [1.165, 1.54) is 0 Å². The molecule has 1 aromatic heterocycles. The maximum absolute atomic E-state index is 12.8. The Morgan fingerprint density at radius 2 is 1.73 bits per heavy atom. The van der Waals surface area contributed by atoms with Gasteiger partial charge in [-0.2, -0.15) is 16.1 Å². The highest BCUT2D eigenvalue weighted by atomic mass is 32.2. The summed E-state index contributed by atoms with van der Waals surface area (Å²) in [6.07, 6.45) is -11.7. The molecule has 4 aliphatic rings. The third-order valence-electron chi connectivity index (χ3n) is 8.60. The maximum Gasteiger partial charge on any atom is 0.483 e. The van der Waals surface area contributed by atoms with E-state index < -0.39 is 101 Å². The molecule has 5 rings (SSSR count). The number of nitrogens with zero attached hydrogens (tertiary/aromatic N) is 1. The van der Waals surface area contributed by atoms with Crippen LogP contribution < -0.4 is 27.2 Å². The number of carbonyl (C=O) groups is 2. The number of hydrogen-bond donors (Lipinski definition) is 11. The zero-order valence-electron chi connectivity index (χ0n) is 26.4. The molecule has 14 atom stereocenters. The number of fused-ring (bicyclic) bond motifs is 1. The van der Waals surface area contributed by atoms with E-state index in [2.05, 4.69) is 24.8 Å². The number of aromatic nitrogens is 2. The van der Waals surface area contributed by atoms with Crippen LogP contribution in [0.4, 0.5) is 4.79 Å². The second kappa shape index (κ2) is 16.4. The van der Waals surface area contributed by atoms with Gasteiger partial charge in [0.05, 0.1) is 25.3 Å². The van der Waals surface area contributed by atoms with Crippen LogP contribution in [0.5, 0.6) is 0 Å². The molecule has 4 fully saturated rings. The number of thioether (sulfide) groups is 1. The minimum atomic E-state index is -5.72. The zero-order chi connectivity index (χ0) is 37.2. The Bertz CT molecular complexity index is 1630. The summed E-state index contributed by atoms with van der Waals surface area (Å²) in [6, 6.07) is -1.04. The molecule has 0 spiro atoms. The molecule has 0 radical (unpaired) electrons. The number of carbonyl (C=O) groups excluding carboxylic acids is 2. The molecule has 2 unspecified atom stereocenters. The lowest BCUT2D eigenvalue weighted by molar-refractivity contribution is -0.248. The number of urea groups is 1. The van der Waals surface area contributed by atoms with Gasteiger partial charge in [-0.3, -0.25) is 28.2 Å². The summed E-state index contributed by atoms with van der Waals surface area (Å²) in [4.78, 5) is 70.2. The number of amides is 3. The number of hydrogen-bond acceptors (Lipinski definition) is 17. The molecule has 5 heterocycles. The molecule has 23 nitrogen and oxygen atoms in total. The van der Waals surface area contributed by atoms with Crippen LogP contribution in [0.3, 0.4) is 0 Å². The van der Waals surface area contributed by atoms with Crippen molar-refractivity contribution in [3.05, 3.63) is 33.1 Å². The van der Waals surface area contributed by atoms with Crippen molar-refractivity contribution >= 4 is 39.3 Å². The molecule has 0 aliphatic carbocycles. The van der Waals surface area contributed by atoms with Crippen molar-refractivity contribution in [2.45, 2.75) is 98.2 Å². The van der Waals surface area contributed by atoms with Gasteiger partial charge in [-0.25, -0.2) is 18.7 Å². The number of ether oxygens (including phenoxy) is 2. The second-order valence-corrected chi connectivity index (χ2v) is 16.4. The van der Waals surface area contributed by atoms with Crippen molar-refractivity contribution in [1.29, 1.82) is 0 Å². The molecule has 4 saturated heterocycles. The van der Waals surface area contributed by atoms with Gasteiger partial charge < -0.3 is 60.7 Å². The number of phosphoric ester groups is 2. The SMILES string of the molecule is O=C(CCCC[C@@H]1SC[C@@H]2NC(=O)N[C@@H]21)N[C@H]1[C@@H](OP(=O)(O)OP(=O)(O)OC[C@H]2O[C@@H](n3ccc(=O)[nH]c3=O)[C@H](O)[C@@H]2O)O[C@H](CO)[C@@H](O)[C@@H]1O. The van der Waals surface area contributed by atoms with Gasteiger partial charge in [-0.1, -0.05) is 6.42 Å². The predicted octanol–water partition coefficient (Wildman–Crippen LogP) is -3.94. The lowest BCUT2D eigenvalue weighted by atomic mass is 9.97. The molecule has 0 bridgehead atoms. The summed E-state index contributed by atoms with van der Waals surface area (Å²) < 4.78 is 50.6. The normalized spacial score (nSPS) is 37.2. The Hall–Kier alpha value is -2.25. The van der Waals surface area contributed by atoms with Gasteiger partial charge in [0.2, 0.25) is 5.91 Å². The average molecular weight is 792 g/mol. The third kappa shape index (κ3) is 9.65. The molecular formula is C25H39N5O18P2S. The van der Waals surface area contributed by atoms with Crippen LogP contribution in [0.15, 0.2) is 21.9 Å². The molecule has 26 heteroatoms. The minimum Gasteiger partial charge on any atom is -0.394 e. The van der Waals surface area contributed by atoms with Gasteiger partial charge in [-0.15, -0.1) is 0 Å². The van der Waals surface area contributed by atoms with Crippen LogP contribution >= 0.6 is 27.4 Å². The number of aliphatic hydroxyl groups excluding tert-OH is 5. The molecule has 288 valence electrons. The molecule has 4 aliphatic heterocycles. The van der Waals surface area contributed by atoms with Gasteiger partial charge in [0, 0.05) is 29.7 Å². The Morgan fingerprint density at radius 3 is 2.43 bits per heavy atom. The fraction of sp³-hybridized carbons (Fsp3) is 0.760. The lowest BCUT2D eigenvalue weighted by Gasteiger charge is -2.42. The number of aliphatic hydroxyl groups is 5. The maximum atomic E-state index is 12.8. The fourth-order valence-electron chi connectivity index (χ4n) is 6.05. The Kier molecular flexibility index (Phi) is 12.9. The van der Waals surface area contributed by atoms with Crippen molar-refractivity contribution in [2.24, 2.45) is 0 Å². The van der Waals surface area contributed by atoms with Gasteiger partial charge >= 0.3 is 27.4 Å². The number of phosphoric acid groups is 2. The van der Waals surface area contributed by atoms with Gasteiger partial charge in [0.15, 0.2) is 12.5 Å². The van der Waals surface area contributed by atoms with Crippen LogP contribution in [0.1, 0.15) is 31.9 Å². The molecule has 0 aromatic carbocycles. The number of aromatic amines is 1. The van der Waals surface area contributed by atoms with Crippen molar-refractivity contribution < 1.29 is 76.9 Å². The molecular weight excluding hydrogens is 752 g/mol. The first-order valence-corrected chi connectivity index (χ1v) is 19.7. The van der Waals surface area contributed by atoms with Gasteiger partial charge in [0.1, 0.15) is 42.7 Å². The quantitative estimate of drug-likeness (QED) is 0.0459. The van der Waals surface area contributed by atoms with Crippen molar-refractivity contribution in [2.75, 3.05) is 19.0 Å². The van der Waals surface area contributed by atoms with E-state index in [1.807, 2.05) is 4.98 Å². The van der Waals surface area contributed by atoms with Crippen LogP contribution in [0.25, 0.3) is 0 Å². The van der Waals surface area contributed by atoms with E-state index in [0.29, 0.717) is 19.3 Å².